The van der Waals surface area contributed by atoms with Gasteiger partial charge in [-0.2, -0.15) is 0 Å². The molecule has 0 amide bonds. The van der Waals surface area contributed by atoms with Crippen molar-refractivity contribution in [1.29, 1.82) is 0 Å². The molecular formula is C13H10F2N2O. The Kier molecular flexibility index (Phi) is 2.97. The molecule has 0 unspecified atom stereocenters. The van der Waals surface area contributed by atoms with Crippen LogP contribution in [0.5, 0.6) is 0 Å². The number of hydrogen-bond donors (Lipinski definition) is 2. The molecule has 0 radical (unpaired) electrons. The maximum absolute atomic E-state index is 13.7. The average molecular weight is 248 g/mol. The summed E-state index contributed by atoms with van der Waals surface area (Å²) in [7, 11) is 0. The van der Waals surface area contributed by atoms with Crippen molar-refractivity contribution in [2.75, 3.05) is 11.5 Å². The number of ketones is 1. The molecule has 18 heavy (non-hydrogen) atoms. The Hall–Kier alpha value is -2.43. The summed E-state index contributed by atoms with van der Waals surface area (Å²) < 4.78 is 27.2. The lowest BCUT2D eigenvalue weighted by atomic mass is 10.0. The number of nitrogens with two attached hydrogens (primary N) is 2. The molecule has 0 aromatic heterocycles. The van der Waals surface area contributed by atoms with Gasteiger partial charge in [0.2, 0.25) is 0 Å². The van der Waals surface area contributed by atoms with E-state index in [-0.39, 0.29) is 22.5 Å². The minimum Gasteiger partial charge on any atom is -0.399 e. The molecule has 92 valence electrons. The highest BCUT2D eigenvalue weighted by Crippen LogP contribution is 2.21. The highest BCUT2D eigenvalue weighted by molar-refractivity contribution is 6.09. The van der Waals surface area contributed by atoms with Gasteiger partial charge in [0, 0.05) is 5.69 Å². The van der Waals surface area contributed by atoms with Gasteiger partial charge in [0.25, 0.3) is 0 Å². The monoisotopic (exact) mass is 248 g/mol. The van der Waals surface area contributed by atoms with E-state index < -0.39 is 17.4 Å². The highest BCUT2D eigenvalue weighted by Gasteiger charge is 2.18. The number of halogens is 2. The van der Waals surface area contributed by atoms with Crippen molar-refractivity contribution in [3.05, 3.63) is 59.2 Å². The third-order valence-electron chi connectivity index (χ3n) is 2.51. The Morgan fingerprint density at radius 1 is 1.00 bits per heavy atom. The summed E-state index contributed by atoms with van der Waals surface area (Å²) in [6.45, 7) is 0. The Labute approximate surface area is 102 Å². The number of carbonyl (C=O) groups excluding carboxylic acids is 1. The first-order chi connectivity index (χ1) is 8.50. The van der Waals surface area contributed by atoms with Crippen molar-refractivity contribution in [2.45, 2.75) is 0 Å². The molecule has 0 spiro atoms. The smallest absolute Gasteiger partial charge is 0.198 e. The van der Waals surface area contributed by atoms with Crippen LogP contribution in [-0.2, 0) is 0 Å². The van der Waals surface area contributed by atoms with Gasteiger partial charge in [-0.25, -0.2) is 8.78 Å². The number of carbonyl (C=O) groups is 1. The predicted molar refractivity (Wildman–Crippen MR) is 65.1 cm³/mol. The lowest BCUT2D eigenvalue weighted by Crippen LogP contribution is -2.08. The van der Waals surface area contributed by atoms with Crippen LogP contribution in [0, 0.1) is 11.6 Å². The molecule has 0 bridgehead atoms. The molecule has 0 heterocycles. The zero-order valence-corrected chi connectivity index (χ0v) is 9.28. The van der Waals surface area contributed by atoms with Crippen LogP contribution < -0.4 is 11.5 Å². The van der Waals surface area contributed by atoms with Gasteiger partial charge < -0.3 is 11.5 Å². The zero-order chi connectivity index (χ0) is 13.3. The van der Waals surface area contributed by atoms with E-state index >= 15 is 0 Å². The van der Waals surface area contributed by atoms with Gasteiger partial charge in [0.15, 0.2) is 11.6 Å². The van der Waals surface area contributed by atoms with Gasteiger partial charge in [0.1, 0.15) is 5.82 Å². The summed E-state index contributed by atoms with van der Waals surface area (Å²) in [5.74, 6) is -2.40. The van der Waals surface area contributed by atoms with Crippen LogP contribution in [-0.4, -0.2) is 5.78 Å². The number of rotatable bonds is 2. The predicted octanol–water partition coefficient (Wildman–Crippen LogP) is 2.36. The SMILES string of the molecule is Nc1ccc(C(=O)c2cccc(N)c2F)c(F)c1. The summed E-state index contributed by atoms with van der Waals surface area (Å²) in [4.78, 5) is 12.0. The molecule has 2 rings (SSSR count). The summed E-state index contributed by atoms with van der Waals surface area (Å²) in [6, 6.07) is 7.61. The molecule has 0 fully saturated rings. The third-order valence-corrected chi connectivity index (χ3v) is 2.51. The summed E-state index contributed by atoms with van der Waals surface area (Å²) >= 11 is 0. The fourth-order valence-corrected chi connectivity index (χ4v) is 1.59. The second kappa shape index (κ2) is 4.44. The first-order valence-corrected chi connectivity index (χ1v) is 5.14. The van der Waals surface area contributed by atoms with Gasteiger partial charge in [-0.05, 0) is 30.3 Å². The van der Waals surface area contributed by atoms with E-state index in [0.29, 0.717) is 0 Å². The molecule has 2 aromatic rings. The van der Waals surface area contributed by atoms with E-state index in [0.717, 1.165) is 6.07 Å². The summed E-state index contributed by atoms with van der Waals surface area (Å²) in [6.07, 6.45) is 0. The van der Waals surface area contributed by atoms with E-state index in [9.17, 15) is 13.6 Å². The molecule has 4 N–H and O–H groups in total. The minimum absolute atomic E-state index is 0.156. The van der Waals surface area contributed by atoms with Crippen LogP contribution in [0.25, 0.3) is 0 Å². The third kappa shape index (κ3) is 2.02. The van der Waals surface area contributed by atoms with Crippen LogP contribution in [0.3, 0.4) is 0 Å². The lowest BCUT2D eigenvalue weighted by molar-refractivity contribution is 0.103. The van der Waals surface area contributed by atoms with E-state index in [1.165, 1.54) is 30.3 Å². The summed E-state index contributed by atoms with van der Waals surface area (Å²) in [5.41, 5.74) is 10.3. The van der Waals surface area contributed by atoms with E-state index in [1.54, 1.807) is 0 Å². The second-order valence-corrected chi connectivity index (χ2v) is 3.78. The number of hydrogen-bond acceptors (Lipinski definition) is 3. The molecule has 0 saturated carbocycles. The van der Waals surface area contributed by atoms with Crippen molar-refractivity contribution >= 4 is 17.2 Å². The number of benzene rings is 2. The lowest BCUT2D eigenvalue weighted by Gasteiger charge is -2.06. The van der Waals surface area contributed by atoms with Crippen LogP contribution in [0.15, 0.2) is 36.4 Å². The van der Waals surface area contributed by atoms with Crippen LogP contribution in [0.2, 0.25) is 0 Å². The van der Waals surface area contributed by atoms with Crippen molar-refractivity contribution in [3.63, 3.8) is 0 Å². The average Bonchev–Trinajstić information content (AvgIpc) is 2.32. The standard InChI is InChI=1S/C13H10F2N2O/c14-10-6-7(16)4-5-8(10)13(18)9-2-1-3-11(17)12(9)15/h1-6H,16-17H2. The number of nitrogen functional groups attached to an aromatic ring is 2. The van der Waals surface area contributed by atoms with Crippen molar-refractivity contribution in [3.8, 4) is 0 Å². The van der Waals surface area contributed by atoms with E-state index in [4.69, 9.17) is 11.5 Å². The maximum atomic E-state index is 13.7. The largest absolute Gasteiger partial charge is 0.399 e. The molecule has 3 nitrogen and oxygen atoms in total. The topological polar surface area (TPSA) is 69.1 Å². The van der Waals surface area contributed by atoms with Crippen LogP contribution in [0.4, 0.5) is 20.2 Å². The van der Waals surface area contributed by atoms with Crippen LogP contribution in [0.1, 0.15) is 15.9 Å². The van der Waals surface area contributed by atoms with Crippen molar-refractivity contribution < 1.29 is 13.6 Å². The van der Waals surface area contributed by atoms with Gasteiger partial charge in [-0.1, -0.05) is 6.07 Å². The van der Waals surface area contributed by atoms with Gasteiger partial charge in [0.05, 0.1) is 16.8 Å². The molecule has 0 saturated heterocycles. The Balaban J connectivity index is 2.51. The molecule has 0 aliphatic carbocycles. The molecule has 0 aliphatic rings. The maximum Gasteiger partial charge on any atom is 0.198 e. The van der Waals surface area contributed by atoms with Crippen molar-refractivity contribution in [1.82, 2.24) is 0 Å². The Morgan fingerprint density at radius 2 is 1.72 bits per heavy atom. The zero-order valence-electron chi connectivity index (χ0n) is 9.28. The molecule has 0 aliphatic heterocycles. The molecule has 5 heteroatoms. The van der Waals surface area contributed by atoms with E-state index in [2.05, 4.69) is 0 Å². The quantitative estimate of drug-likeness (QED) is 0.633. The van der Waals surface area contributed by atoms with Gasteiger partial charge >= 0.3 is 0 Å². The second-order valence-electron chi connectivity index (χ2n) is 3.78. The van der Waals surface area contributed by atoms with Gasteiger partial charge in [-0.15, -0.1) is 0 Å². The summed E-state index contributed by atoms with van der Waals surface area (Å²) in [5, 5.41) is 0. The number of anilines is 2. The Morgan fingerprint density at radius 3 is 2.39 bits per heavy atom. The minimum atomic E-state index is -0.848. The van der Waals surface area contributed by atoms with Crippen LogP contribution >= 0.6 is 0 Å². The fourth-order valence-electron chi connectivity index (χ4n) is 1.59. The molecule has 2 aromatic carbocycles. The Bertz CT molecular complexity index is 626. The highest BCUT2D eigenvalue weighted by atomic mass is 19.1. The normalized spacial score (nSPS) is 10.3. The molecular weight excluding hydrogens is 238 g/mol. The van der Waals surface area contributed by atoms with E-state index in [1.807, 2.05) is 0 Å². The van der Waals surface area contributed by atoms with Crippen molar-refractivity contribution in [2.24, 2.45) is 0 Å². The fraction of sp³-hybridized carbons (Fsp3) is 0. The first kappa shape index (κ1) is 12.0. The van der Waals surface area contributed by atoms with Gasteiger partial charge in [-0.3, -0.25) is 4.79 Å². The molecule has 0 atom stereocenters. The first-order valence-electron chi connectivity index (χ1n) is 5.14.